The molecule has 2 amide bonds. The fourth-order valence-electron chi connectivity index (χ4n) is 2.72. The first-order valence-electron chi connectivity index (χ1n) is 10.1. The third-order valence-electron chi connectivity index (χ3n) is 4.17. The van der Waals surface area contributed by atoms with Gasteiger partial charge in [0, 0.05) is 35.7 Å². The number of hydrogen-bond donors (Lipinski definition) is 2. The molecule has 2 rings (SSSR count). The van der Waals surface area contributed by atoms with Crippen LogP contribution in [0.2, 0.25) is 0 Å². The highest BCUT2D eigenvalue weighted by atomic mass is 32.2. The monoisotopic (exact) mass is 414 g/mol. The Morgan fingerprint density at radius 2 is 1.34 bits per heavy atom. The fourth-order valence-corrected chi connectivity index (χ4v) is 3.59. The van der Waals surface area contributed by atoms with E-state index >= 15 is 0 Å². The maximum Gasteiger partial charge on any atom is 0.225 e. The van der Waals surface area contributed by atoms with Gasteiger partial charge >= 0.3 is 0 Å². The third kappa shape index (κ3) is 9.05. The Balaban J connectivity index is 1.58. The van der Waals surface area contributed by atoms with E-state index < -0.39 is 0 Å². The summed E-state index contributed by atoms with van der Waals surface area (Å²) in [6.45, 7) is 4.70. The van der Waals surface area contributed by atoms with E-state index in [0.717, 1.165) is 30.0 Å². The summed E-state index contributed by atoms with van der Waals surface area (Å²) in [4.78, 5) is 24.0. The summed E-state index contributed by atoms with van der Waals surface area (Å²) in [7, 11) is 0. The maximum atomic E-state index is 12.0. The van der Waals surface area contributed by atoms with Gasteiger partial charge in [0.05, 0.1) is 6.61 Å². The van der Waals surface area contributed by atoms with Crippen molar-refractivity contribution in [2.45, 2.75) is 39.5 Å². The molecule has 0 saturated heterocycles. The lowest BCUT2D eigenvalue weighted by Crippen LogP contribution is -2.14. The summed E-state index contributed by atoms with van der Waals surface area (Å²) in [5.74, 6) is 2.13. The minimum absolute atomic E-state index is 0.000388. The largest absolute Gasteiger partial charge is 0.494 e. The molecule has 0 aliphatic rings. The van der Waals surface area contributed by atoms with Crippen LogP contribution in [0, 0.1) is 0 Å². The van der Waals surface area contributed by atoms with E-state index in [4.69, 9.17) is 4.74 Å². The zero-order valence-electron chi connectivity index (χ0n) is 17.2. The van der Waals surface area contributed by atoms with Gasteiger partial charge in [-0.15, -0.1) is 0 Å². The molecule has 2 aromatic carbocycles. The van der Waals surface area contributed by atoms with Gasteiger partial charge in [-0.1, -0.05) is 25.5 Å². The van der Waals surface area contributed by atoms with Crippen LogP contribution in [0.1, 0.15) is 38.7 Å². The zero-order chi connectivity index (χ0) is 20.9. The first-order chi connectivity index (χ1) is 14.1. The van der Waals surface area contributed by atoms with Gasteiger partial charge in [-0.25, -0.2) is 0 Å². The molecule has 0 aromatic heterocycles. The quantitative estimate of drug-likeness (QED) is 0.473. The molecule has 0 aliphatic heterocycles. The SMILES string of the molecule is CCCc1ccc(NC(=O)CCSCCC(=O)Nc2ccc(OCC)cc2)cc1. The number of ether oxygens (including phenoxy) is 1. The van der Waals surface area contributed by atoms with Gasteiger partial charge in [-0.05, 0) is 55.3 Å². The molecule has 2 aromatic rings. The van der Waals surface area contributed by atoms with Crippen molar-refractivity contribution in [3.05, 3.63) is 54.1 Å². The third-order valence-corrected chi connectivity index (χ3v) is 5.16. The van der Waals surface area contributed by atoms with Gasteiger partial charge < -0.3 is 15.4 Å². The molecule has 0 unspecified atom stereocenters. The predicted octanol–water partition coefficient (Wildman–Crippen LogP) is 5.13. The zero-order valence-corrected chi connectivity index (χ0v) is 18.0. The molecule has 0 heterocycles. The highest BCUT2D eigenvalue weighted by Crippen LogP contribution is 2.16. The van der Waals surface area contributed by atoms with E-state index in [2.05, 4.69) is 29.7 Å². The number of carbonyl (C=O) groups excluding carboxylic acids is 2. The highest BCUT2D eigenvalue weighted by molar-refractivity contribution is 7.99. The molecular formula is C23H30N2O3S. The molecule has 2 N–H and O–H groups in total. The van der Waals surface area contributed by atoms with Gasteiger partial charge in [0.25, 0.3) is 0 Å². The lowest BCUT2D eigenvalue weighted by molar-refractivity contribution is -0.116. The lowest BCUT2D eigenvalue weighted by atomic mass is 10.1. The molecule has 0 bridgehead atoms. The summed E-state index contributed by atoms with van der Waals surface area (Å²) >= 11 is 1.61. The summed E-state index contributed by atoms with van der Waals surface area (Å²) in [5, 5.41) is 5.79. The first-order valence-corrected chi connectivity index (χ1v) is 11.3. The number of amides is 2. The smallest absolute Gasteiger partial charge is 0.225 e. The van der Waals surface area contributed by atoms with Gasteiger partial charge in [-0.3, -0.25) is 9.59 Å². The summed E-state index contributed by atoms with van der Waals surface area (Å²) in [6, 6.07) is 15.3. The van der Waals surface area contributed by atoms with E-state index in [1.54, 1.807) is 11.8 Å². The molecule has 0 spiro atoms. The molecular weight excluding hydrogens is 384 g/mol. The van der Waals surface area contributed by atoms with Crippen LogP contribution >= 0.6 is 11.8 Å². The van der Waals surface area contributed by atoms with Crippen LogP contribution in [0.15, 0.2) is 48.5 Å². The van der Waals surface area contributed by atoms with Crippen LogP contribution in [-0.4, -0.2) is 29.9 Å². The first kappa shape index (κ1) is 22.8. The van der Waals surface area contributed by atoms with Crippen LogP contribution in [0.3, 0.4) is 0 Å². The second kappa shape index (κ2) is 12.9. The molecule has 156 valence electrons. The molecule has 5 nitrogen and oxygen atoms in total. The average molecular weight is 415 g/mol. The van der Waals surface area contributed by atoms with Crippen LogP contribution in [0.25, 0.3) is 0 Å². The van der Waals surface area contributed by atoms with Crippen molar-refractivity contribution < 1.29 is 14.3 Å². The molecule has 29 heavy (non-hydrogen) atoms. The van der Waals surface area contributed by atoms with Gasteiger partial charge in [0.2, 0.25) is 11.8 Å². The minimum Gasteiger partial charge on any atom is -0.494 e. The van der Waals surface area contributed by atoms with Crippen LogP contribution < -0.4 is 15.4 Å². The van der Waals surface area contributed by atoms with E-state index in [1.165, 1.54) is 5.56 Å². The summed E-state index contributed by atoms with van der Waals surface area (Å²) < 4.78 is 5.38. The Labute approximate surface area is 177 Å². The molecule has 6 heteroatoms. The molecule has 0 fully saturated rings. The predicted molar refractivity (Wildman–Crippen MR) is 122 cm³/mol. The minimum atomic E-state index is -0.0294. The Kier molecular flexibility index (Phi) is 10.1. The van der Waals surface area contributed by atoms with E-state index in [0.29, 0.717) is 31.0 Å². The molecule has 0 radical (unpaired) electrons. The number of rotatable bonds is 12. The number of benzene rings is 2. The number of aryl methyl sites for hydroxylation is 1. The van der Waals surface area contributed by atoms with E-state index in [-0.39, 0.29) is 11.8 Å². The number of anilines is 2. The normalized spacial score (nSPS) is 10.4. The van der Waals surface area contributed by atoms with Crippen LogP contribution in [-0.2, 0) is 16.0 Å². The Hall–Kier alpha value is -2.47. The highest BCUT2D eigenvalue weighted by Gasteiger charge is 2.05. The topological polar surface area (TPSA) is 67.4 Å². The van der Waals surface area contributed by atoms with Crippen molar-refractivity contribution in [1.82, 2.24) is 0 Å². The standard InChI is InChI=1S/C23H30N2O3S/c1-3-5-18-6-8-19(9-7-18)24-22(26)14-16-29-17-15-23(27)25-20-10-12-21(13-11-20)28-4-2/h6-13H,3-5,14-17H2,1-2H3,(H,24,26)(H,25,27). The van der Waals surface area contributed by atoms with Gasteiger partial charge in [-0.2, -0.15) is 11.8 Å². The van der Waals surface area contributed by atoms with Crippen molar-refractivity contribution in [3.8, 4) is 5.75 Å². The number of thioether (sulfide) groups is 1. The van der Waals surface area contributed by atoms with Crippen molar-refractivity contribution in [1.29, 1.82) is 0 Å². The van der Waals surface area contributed by atoms with Gasteiger partial charge in [0.15, 0.2) is 0 Å². The number of hydrogen-bond acceptors (Lipinski definition) is 4. The van der Waals surface area contributed by atoms with Crippen molar-refractivity contribution in [2.75, 3.05) is 28.7 Å². The Bertz CT molecular complexity index is 695. The van der Waals surface area contributed by atoms with Crippen LogP contribution in [0.5, 0.6) is 5.75 Å². The summed E-state index contributed by atoms with van der Waals surface area (Å²) in [6.07, 6.45) is 3.01. The van der Waals surface area contributed by atoms with Gasteiger partial charge in [0.1, 0.15) is 5.75 Å². The number of nitrogens with one attached hydrogen (secondary N) is 2. The van der Waals surface area contributed by atoms with Crippen molar-refractivity contribution in [3.63, 3.8) is 0 Å². The maximum absolute atomic E-state index is 12.0. The Morgan fingerprint density at radius 3 is 1.83 bits per heavy atom. The van der Waals surface area contributed by atoms with Crippen molar-refractivity contribution in [2.24, 2.45) is 0 Å². The van der Waals surface area contributed by atoms with Crippen LogP contribution in [0.4, 0.5) is 11.4 Å². The second-order valence-corrected chi connectivity index (χ2v) is 7.84. The van der Waals surface area contributed by atoms with E-state index in [1.807, 2.05) is 43.3 Å². The second-order valence-electron chi connectivity index (χ2n) is 6.61. The summed E-state index contributed by atoms with van der Waals surface area (Å²) in [5.41, 5.74) is 2.87. The molecule has 0 aliphatic carbocycles. The van der Waals surface area contributed by atoms with E-state index in [9.17, 15) is 9.59 Å². The Morgan fingerprint density at radius 1 is 0.828 bits per heavy atom. The van der Waals surface area contributed by atoms with Crippen molar-refractivity contribution >= 4 is 35.0 Å². The molecule has 0 saturated carbocycles. The number of carbonyl (C=O) groups is 2. The molecule has 0 atom stereocenters. The average Bonchev–Trinajstić information content (AvgIpc) is 2.71. The lowest BCUT2D eigenvalue weighted by Gasteiger charge is -2.08. The fraction of sp³-hybridized carbons (Fsp3) is 0.391.